The van der Waals surface area contributed by atoms with Gasteiger partial charge in [0.15, 0.2) is 11.6 Å². The molecule has 292 valence electrons. The molecule has 6 amide bonds. The predicted octanol–water partition coefficient (Wildman–Crippen LogP) is 6.98. The number of hydrogen-bond acceptors (Lipinski definition) is 8. The van der Waals surface area contributed by atoms with Crippen molar-refractivity contribution in [1.82, 2.24) is 10.6 Å². The number of hydrogen-bond donors (Lipinski definition) is 4. The highest BCUT2D eigenvalue weighted by molar-refractivity contribution is 6.23. The molecule has 12 heteroatoms. The Morgan fingerprint density at radius 2 is 0.800 bits per heavy atom. The minimum absolute atomic E-state index is 0.00184. The highest BCUT2D eigenvalue weighted by atomic mass is 16.2. The van der Waals surface area contributed by atoms with E-state index in [1.807, 2.05) is 36.4 Å². The monoisotopic (exact) mass is 792 g/mol. The molecule has 0 unspecified atom stereocenters. The van der Waals surface area contributed by atoms with Crippen molar-refractivity contribution in [2.45, 2.75) is 12.8 Å². The molecular formula is C48H32N4O8. The van der Waals surface area contributed by atoms with Crippen LogP contribution in [-0.4, -0.2) is 47.0 Å². The minimum Gasteiger partial charge on any atom is -0.322 e. The lowest BCUT2D eigenvalue weighted by atomic mass is 9.98. The van der Waals surface area contributed by atoms with Gasteiger partial charge in [-0.05, 0) is 95.1 Å². The zero-order valence-corrected chi connectivity index (χ0v) is 31.5. The first-order valence-electron chi connectivity index (χ1n) is 18.7. The molecule has 0 saturated carbocycles. The predicted molar refractivity (Wildman–Crippen MR) is 223 cm³/mol. The number of amides is 6. The maximum absolute atomic E-state index is 13.1. The molecule has 4 N–H and O–H groups in total. The van der Waals surface area contributed by atoms with Crippen molar-refractivity contribution in [3.63, 3.8) is 0 Å². The maximum Gasteiger partial charge on any atom is 0.258 e. The summed E-state index contributed by atoms with van der Waals surface area (Å²) in [7, 11) is 0. The number of anilines is 2. The third-order valence-electron chi connectivity index (χ3n) is 10.0. The molecule has 12 nitrogen and oxygen atoms in total. The second-order valence-electron chi connectivity index (χ2n) is 14.2. The first kappa shape index (κ1) is 38.5. The Bertz CT molecular complexity index is 2670. The van der Waals surface area contributed by atoms with Crippen molar-refractivity contribution in [2.75, 3.05) is 10.6 Å². The van der Waals surface area contributed by atoms with E-state index in [1.54, 1.807) is 72.8 Å². The molecule has 2 aliphatic rings. The van der Waals surface area contributed by atoms with Gasteiger partial charge < -0.3 is 10.6 Å². The van der Waals surface area contributed by atoms with E-state index in [-0.39, 0.29) is 58.5 Å². The summed E-state index contributed by atoms with van der Waals surface area (Å²) in [4.78, 5) is 99.9. The normalized spacial score (nSPS) is 12.7. The van der Waals surface area contributed by atoms with Gasteiger partial charge in [-0.25, -0.2) is 0 Å². The van der Waals surface area contributed by atoms with E-state index in [0.29, 0.717) is 44.8 Å². The van der Waals surface area contributed by atoms with Crippen LogP contribution in [0.2, 0.25) is 0 Å². The summed E-state index contributed by atoms with van der Waals surface area (Å²) in [5, 5.41) is 10.2. The largest absolute Gasteiger partial charge is 0.322 e. The van der Waals surface area contributed by atoms with Gasteiger partial charge in [-0.2, -0.15) is 0 Å². The summed E-state index contributed by atoms with van der Waals surface area (Å²) >= 11 is 0. The molecule has 0 aliphatic carbocycles. The number of benzene rings is 6. The topological polar surface area (TPSA) is 185 Å². The van der Waals surface area contributed by atoms with Crippen molar-refractivity contribution >= 4 is 70.5 Å². The van der Waals surface area contributed by atoms with E-state index < -0.39 is 23.6 Å². The van der Waals surface area contributed by atoms with Gasteiger partial charge in [0.1, 0.15) is 0 Å². The standard InChI is InChI=1S/C48H32N4O8/c53-41(31-13-19-37-39(25-31)47(59)51-45(37)57)23-29-3-1-5-33(21-29)43(55)49-35-15-9-27(10-16-35)7-8-28-11-17-36(18-12-28)50-44(56)34-6-2-4-30(22-34)24-42(54)32-14-20-38-40(26-32)48(60)52-46(38)58/h1-22,25-26H,23-24H2,(H,49,55)(H,50,56)(H,51,57,59)(H,52,58,60)/b8-7+. The molecule has 0 spiro atoms. The van der Waals surface area contributed by atoms with Crippen LogP contribution in [-0.2, 0) is 12.8 Å². The molecular weight excluding hydrogens is 761 g/mol. The number of rotatable bonds is 12. The van der Waals surface area contributed by atoms with Crippen LogP contribution in [0, 0.1) is 0 Å². The summed E-state index contributed by atoms with van der Waals surface area (Å²) in [5.41, 5.74) is 6.30. The Balaban J connectivity index is 0.825. The second-order valence-corrected chi connectivity index (χ2v) is 14.2. The van der Waals surface area contributed by atoms with Gasteiger partial charge >= 0.3 is 0 Å². The highest BCUT2D eigenvalue weighted by Gasteiger charge is 2.29. The molecule has 0 radical (unpaired) electrons. The highest BCUT2D eigenvalue weighted by Crippen LogP contribution is 2.22. The Morgan fingerprint density at radius 1 is 0.417 bits per heavy atom. The van der Waals surface area contributed by atoms with E-state index in [9.17, 15) is 38.4 Å². The quantitative estimate of drug-likeness (QED) is 0.0581. The van der Waals surface area contributed by atoms with Gasteiger partial charge in [-0.3, -0.25) is 49.0 Å². The molecule has 2 aliphatic heterocycles. The average molecular weight is 793 g/mol. The number of carbonyl (C=O) groups excluding carboxylic acids is 8. The summed E-state index contributed by atoms with van der Waals surface area (Å²) in [6, 6.07) is 36.8. The van der Waals surface area contributed by atoms with Crippen LogP contribution in [0.4, 0.5) is 11.4 Å². The van der Waals surface area contributed by atoms with Crippen LogP contribution in [0.25, 0.3) is 12.2 Å². The SMILES string of the molecule is O=C(Cc1cccc(C(=O)Nc2ccc(/C=C/c3ccc(NC(=O)c4cccc(CC(=O)c5ccc6c(c5)C(=O)NC6=O)c4)cc3)cc2)c1)c1ccc2c(c1)C(=O)NC2=O. The molecule has 6 aromatic rings. The fourth-order valence-electron chi connectivity index (χ4n) is 6.86. The lowest BCUT2D eigenvalue weighted by molar-refractivity contribution is 0.0863. The molecule has 60 heavy (non-hydrogen) atoms. The summed E-state index contributed by atoms with van der Waals surface area (Å²) in [6.07, 6.45) is 3.83. The fraction of sp³-hybridized carbons (Fsp3) is 0.0417. The van der Waals surface area contributed by atoms with Crippen LogP contribution < -0.4 is 21.3 Å². The number of carbonyl (C=O) groups is 8. The first-order valence-corrected chi connectivity index (χ1v) is 18.7. The Hall–Kier alpha value is -8.38. The second kappa shape index (κ2) is 16.2. The van der Waals surface area contributed by atoms with Crippen LogP contribution in [0.5, 0.6) is 0 Å². The smallest absolute Gasteiger partial charge is 0.258 e. The Morgan fingerprint density at radius 3 is 1.20 bits per heavy atom. The van der Waals surface area contributed by atoms with Crippen LogP contribution >= 0.6 is 0 Å². The fourth-order valence-corrected chi connectivity index (χ4v) is 6.86. The average Bonchev–Trinajstić information content (AvgIpc) is 3.71. The van der Waals surface area contributed by atoms with Crippen molar-refractivity contribution in [3.05, 3.63) is 200 Å². The van der Waals surface area contributed by atoms with Gasteiger partial charge in [0.05, 0.1) is 22.3 Å². The minimum atomic E-state index is -0.536. The van der Waals surface area contributed by atoms with Gasteiger partial charge in [0.2, 0.25) is 0 Å². The maximum atomic E-state index is 13.1. The lowest BCUT2D eigenvalue weighted by Gasteiger charge is -2.08. The molecule has 0 saturated heterocycles. The van der Waals surface area contributed by atoms with Crippen molar-refractivity contribution < 1.29 is 38.4 Å². The van der Waals surface area contributed by atoms with E-state index in [2.05, 4.69) is 21.3 Å². The van der Waals surface area contributed by atoms with Gasteiger partial charge in [0, 0.05) is 46.5 Å². The number of nitrogens with one attached hydrogen (secondary N) is 4. The van der Waals surface area contributed by atoms with Crippen molar-refractivity contribution in [2.24, 2.45) is 0 Å². The number of imide groups is 2. The zero-order valence-electron chi connectivity index (χ0n) is 31.5. The van der Waals surface area contributed by atoms with E-state index in [4.69, 9.17) is 0 Å². The number of Topliss-reactive ketones (excluding diaryl/α,β-unsaturated/α-hetero) is 2. The summed E-state index contributed by atoms with van der Waals surface area (Å²) in [5.74, 6) is -3.26. The van der Waals surface area contributed by atoms with E-state index in [1.165, 1.54) is 36.4 Å². The summed E-state index contributed by atoms with van der Waals surface area (Å²) < 4.78 is 0. The van der Waals surface area contributed by atoms with E-state index in [0.717, 1.165) is 11.1 Å². The Labute approximate surface area is 342 Å². The van der Waals surface area contributed by atoms with Gasteiger partial charge in [-0.1, -0.05) is 72.8 Å². The van der Waals surface area contributed by atoms with Crippen LogP contribution in [0.1, 0.15) is 105 Å². The molecule has 8 rings (SSSR count). The third-order valence-corrected chi connectivity index (χ3v) is 10.0. The van der Waals surface area contributed by atoms with Crippen molar-refractivity contribution in [1.29, 1.82) is 0 Å². The van der Waals surface area contributed by atoms with Crippen LogP contribution in [0.3, 0.4) is 0 Å². The van der Waals surface area contributed by atoms with Crippen LogP contribution in [0.15, 0.2) is 133 Å². The zero-order chi connectivity index (χ0) is 41.9. The summed E-state index contributed by atoms with van der Waals surface area (Å²) in [6.45, 7) is 0. The lowest BCUT2D eigenvalue weighted by Crippen LogP contribution is -2.19. The number of fused-ring (bicyclic) bond motifs is 2. The Kier molecular flexibility index (Phi) is 10.4. The molecule has 0 atom stereocenters. The molecule has 0 bridgehead atoms. The first-order chi connectivity index (χ1) is 29.0. The molecule has 0 fully saturated rings. The molecule has 6 aromatic carbocycles. The third kappa shape index (κ3) is 8.34. The molecule has 0 aromatic heterocycles. The van der Waals surface area contributed by atoms with E-state index >= 15 is 0 Å². The number of ketones is 2. The van der Waals surface area contributed by atoms with Crippen molar-refractivity contribution in [3.8, 4) is 0 Å². The molecule has 2 heterocycles. The van der Waals surface area contributed by atoms with Gasteiger partial charge in [0.25, 0.3) is 35.4 Å². The van der Waals surface area contributed by atoms with Gasteiger partial charge in [-0.15, -0.1) is 0 Å².